The quantitative estimate of drug-likeness (QED) is 0.661. The van der Waals surface area contributed by atoms with Crippen LogP contribution in [0.4, 0.5) is 0 Å². The first-order valence-corrected chi connectivity index (χ1v) is 9.73. The first-order valence-electron chi connectivity index (χ1n) is 8.85. The van der Waals surface area contributed by atoms with E-state index in [0.717, 1.165) is 22.9 Å². The van der Waals surface area contributed by atoms with Gasteiger partial charge >= 0.3 is 0 Å². The molecule has 1 aromatic carbocycles. The predicted molar refractivity (Wildman–Crippen MR) is 105 cm³/mol. The van der Waals surface area contributed by atoms with Crippen LogP contribution in [0.3, 0.4) is 0 Å². The fourth-order valence-corrected chi connectivity index (χ4v) is 3.44. The fraction of sp³-hybridized carbons (Fsp3) is 0.500. The molecule has 0 N–H and O–H groups in total. The second-order valence-electron chi connectivity index (χ2n) is 6.56. The summed E-state index contributed by atoms with van der Waals surface area (Å²) in [5.74, 6) is 0.846. The van der Waals surface area contributed by atoms with E-state index in [0.29, 0.717) is 13.2 Å². The number of nitrogens with zero attached hydrogens (tertiary/aromatic N) is 2. The van der Waals surface area contributed by atoms with Crippen LogP contribution in [0.2, 0.25) is 0 Å². The summed E-state index contributed by atoms with van der Waals surface area (Å²) in [7, 11) is 1.54. The molecule has 1 unspecified atom stereocenters. The average molecular weight is 377 g/mol. The van der Waals surface area contributed by atoms with E-state index >= 15 is 0 Å². The van der Waals surface area contributed by atoms with E-state index < -0.39 is 0 Å². The van der Waals surface area contributed by atoms with Crippen LogP contribution in [0.15, 0.2) is 23.6 Å². The summed E-state index contributed by atoms with van der Waals surface area (Å²) in [4.78, 5) is 18.7. The van der Waals surface area contributed by atoms with E-state index in [-0.39, 0.29) is 18.6 Å². The van der Waals surface area contributed by atoms with Gasteiger partial charge in [0.15, 0.2) is 0 Å². The summed E-state index contributed by atoms with van der Waals surface area (Å²) in [5.41, 5.74) is 3.25. The number of thiazole rings is 1. The molecule has 5 nitrogen and oxygen atoms in total. The van der Waals surface area contributed by atoms with Crippen molar-refractivity contribution in [3.05, 3.63) is 45.4 Å². The summed E-state index contributed by atoms with van der Waals surface area (Å²) in [6, 6.07) is 6.31. The Hall–Kier alpha value is -1.92. The minimum Gasteiger partial charge on any atom is -0.486 e. The molecule has 0 aliphatic heterocycles. The van der Waals surface area contributed by atoms with Crippen molar-refractivity contribution >= 4 is 17.2 Å². The molecule has 2 aromatic rings. The van der Waals surface area contributed by atoms with Crippen molar-refractivity contribution in [2.75, 3.05) is 13.7 Å². The molecule has 1 heterocycles. The number of hydrogen-bond acceptors (Lipinski definition) is 5. The summed E-state index contributed by atoms with van der Waals surface area (Å²) in [6.45, 7) is 9.26. The Kier molecular flexibility index (Phi) is 7.60. The second-order valence-corrected chi connectivity index (χ2v) is 7.50. The molecule has 26 heavy (non-hydrogen) atoms. The number of carbonyl (C=O) groups is 1. The van der Waals surface area contributed by atoms with Gasteiger partial charge in [-0.25, -0.2) is 4.98 Å². The summed E-state index contributed by atoms with van der Waals surface area (Å²) in [6.07, 6.45) is 0.891. The van der Waals surface area contributed by atoms with Crippen molar-refractivity contribution in [2.45, 2.75) is 53.3 Å². The molecule has 142 valence electrons. The van der Waals surface area contributed by atoms with Crippen LogP contribution in [0.5, 0.6) is 5.75 Å². The van der Waals surface area contributed by atoms with E-state index in [9.17, 15) is 4.79 Å². The highest BCUT2D eigenvalue weighted by Gasteiger charge is 2.20. The molecule has 0 aliphatic rings. The van der Waals surface area contributed by atoms with Gasteiger partial charge < -0.3 is 14.4 Å². The molecular weight excluding hydrogens is 348 g/mol. The maximum atomic E-state index is 12.3. The molecule has 0 aliphatic carbocycles. The molecule has 1 atom stereocenters. The van der Waals surface area contributed by atoms with Crippen LogP contribution in [-0.4, -0.2) is 35.5 Å². The van der Waals surface area contributed by atoms with Crippen LogP contribution in [0.25, 0.3) is 0 Å². The fourth-order valence-electron chi connectivity index (χ4n) is 2.74. The van der Waals surface area contributed by atoms with Crippen LogP contribution >= 0.6 is 11.3 Å². The first kappa shape index (κ1) is 20.4. The normalized spacial score (nSPS) is 12.0. The predicted octanol–water partition coefficient (Wildman–Crippen LogP) is 4.11. The Balaban J connectivity index is 2.00. The van der Waals surface area contributed by atoms with Crippen molar-refractivity contribution < 1.29 is 14.3 Å². The number of aromatic nitrogens is 1. The van der Waals surface area contributed by atoms with E-state index in [1.165, 1.54) is 18.2 Å². The Bertz CT molecular complexity index is 709. The number of hydrogen-bond donors (Lipinski definition) is 0. The first-order chi connectivity index (χ1) is 12.4. The van der Waals surface area contributed by atoms with Crippen LogP contribution in [0, 0.1) is 13.8 Å². The SMILES string of the molecule is CCC(C)N(Cc1csc(COc2cc(C)cc(C)c2)n1)C(=O)COC. The Morgan fingerprint density at radius 1 is 1.27 bits per heavy atom. The third kappa shape index (κ3) is 5.81. The number of carbonyl (C=O) groups excluding carboxylic acids is 1. The number of aryl methyl sites for hydroxylation is 2. The summed E-state index contributed by atoms with van der Waals surface area (Å²) >= 11 is 1.56. The highest BCUT2D eigenvalue weighted by molar-refractivity contribution is 7.09. The zero-order valence-corrected chi connectivity index (χ0v) is 17.1. The number of ether oxygens (including phenoxy) is 2. The van der Waals surface area contributed by atoms with Gasteiger partial charge in [-0.1, -0.05) is 13.0 Å². The van der Waals surface area contributed by atoms with Crippen molar-refractivity contribution in [1.29, 1.82) is 0 Å². The zero-order chi connectivity index (χ0) is 19.1. The molecule has 0 saturated carbocycles. The van der Waals surface area contributed by atoms with Crippen molar-refractivity contribution in [3.63, 3.8) is 0 Å². The summed E-state index contributed by atoms with van der Waals surface area (Å²) < 4.78 is 10.9. The van der Waals surface area contributed by atoms with Gasteiger partial charge in [0.05, 0.1) is 12.2 Å². The number of benzene rings is 1. The lowest BCUT2D eigenvalue weighted by atomic mass is 10.1. The Morgan fingerprint density at radius 3 is 2.58 bits per heavy atom. The van der Waals surface area contributed by atoms with Gasteiger partial charge in [-0.15, -0.1) is 11.3 Å². The zero-order valence-electron chi connectivity index (χ0n) is 16.2. The van der Waals surface area contributed by atoms with Gasteiger partial charge in [0.25, 0.3) is 0 Å². The standard InChI is InChI=1S/C20H28N2O3S/c1-6-16(4)22(20(23)12-24-5)10-17-13-26-19(21-17)11-25-18-8-14(2)7-15(3)9-18/h7-9,13,16H,6,10-12H2,1-5H3. The third-order valence-electron chi connectivity index (χ3n) is 4.20. The molecule has 6 heteroatoms. The van der Waals surface area contributed by atoms with E-state index in [4.69, 9.17) is 9.47 Å². The number of rotatable bonds is 9. The highest BCUT2D eigenvalue weighted by atomic mass is 32.1. The molecule has 0 bridgehead atoms. The van der Waals surface area contributed by atoms with E-state index in [2.05, 4.69) is 31.8 Å². The maximum absolute atomic E-state index is 12.3. The smallest absolute Gasteiger partial charge is 0.249 e. The van der Waals surface area contributed by atoms with E-state index in [1.54, 1.807) is 11.3 Å². The minimum absolute atomic E-state index is 0.0112. The van der Waals surface area contributed by atoms with Crippen LogP contribution < -0.4 is 4.74 Å². The lowest BCUT2D eigenvalue weighted by molar-refractivity contribution is -0.138. The molecule has 0 fully saturated rings. The molecule has 0 saturated heterocycles. The second kappa shape index (κ2) is 9.69. The van der Waals surface area contributed by atoms with Gasteiger partial charge in [0.2, 0.25) is 5.91 Å². The van der Waals surface area contributed by atoms with Crippen molar-refractivity contribution in [3.8, 4) is 5.75 Å². The van der Waals surface area contributed by atoms with Crippen LogP contribution in [-0.2, 0) is 22.7 Å². The monoisotopic (exact) mass is 376 g/mol. The minimum atomic E-state index is -0.0112. The van der Waals surface area contributed by atoms with Gasteiger partial charge in [-0.05, 0) is 50.5 Å². The number of amides is 1. The van der Waals surface area contributed by atoms with Gasteiger partial charge in [0, 0.05) is 18.5 Å². The molecule has 0 radical (unpaired) electrons. The van der Waals surface area contributed by atoms with Gasteiger partial charge in [-0.3, -0.25) is 4.79 Å². The molecule has 0 spiro atoms. The lowest BCUT2D eigenvalue weighted by Gasteiger charge is -2.27. The van der Waals surface area contributed by atoms with Crippen LogP contribution in [0.1, 0.15) is 42.1 Å². The highest BCUT2D eigenvalue weighted by Crippen LogP contribution is 2.20. The lowest BCUT2D eigenvalue weighted by Crippen LogP contribution is -2.39. The molecule has 1 amide bonds. The Labute approximate surface area is 160 Å². The maximum Gasteiger partial charge on any atom is 0.249 e. The topological polar surface area (TPSA) is 51.7 Å². The third-order valence-corrected chi connectivity index (χ3v) is 5.07. The Morgan fingerprint density at radius 2 is 1.96 bits per heavy atom. The molecular formula is C20H28N2O3S. The average Bonchev–Trinajstić information content (AvgIpc) is 3.04. The summed E-state index contributed by atoms with van der Waals surface area (Å²) in [5, 5.41) is 2.90. The van der Waals surface area contributed by atoms with Gasteiger partial charge in [-0.2, -0.15) is 0 Å². The van der Waals surface area contributed by atoms with E-state index in [1.807, 2.05) is 29.3 Å². The van der Waals surface area contributed by atoms with Crippen molar-refractivity contribution in [1.82, 2.24) is 9.88 Å². The molecule has 2 rings (SSSR count). The largest absolute Gasteiger partial charge is 0.486 e. The van der Waals surface area contributed by atoms with Gasteiger partial charge in [0.1, 0.15) is 24.0 Å². The number of methoxy groups -OCH3 is 1. The molecule has 1 aromatic heterocycles. The van der Waals surface area contributed by atoms with Crippen molar-refractivity contribution in [2.24, 2.45) is 0 Å².